The molecule has 3 aromatic carbocycles. The molecule has 0 saturated carbocycles. The fourth-order valence-electron chi connectivity index (χ4n) is 2.91. The minimum absolute atomic E-state index is 0.0690. The van der Waals surface area contributed by atoms with Crippen LogP contribution in [0.25, 0.3) is 0 Å². The highest BCUT2D eigenvalue weighted by Crippen LogP contribution is 2.31. The summed E-state index contributed by atoms with van der Waals surface area (Å²) in [5, 5.41) is 14.1. The predicted octanol–water partition coefficient (Wildman–Crippen LogP) is 4.62. The lowest BCUT2D eigenvalue weighted by molar-refractivity contribution is -0.385. The third-order valence-electron chi connectivity index (χ3n) is 4.56. The molecule has 32 heavy (non-hydrogen) atoms. The predicted molar refractivity (Wildman–Crippen MR) is 121 cm³/mol. The molecule has 0 aliphatic rings. The number of benzene rings is 3. The zero-order valence-corrected chi connectivity index (χ0v) is 18.5. The molecule has 166 valence electrons. The second kappa shape index (κ2) is 9.25. The van der Waals surface area contributed by atoms with Crippen molar-refractivity contribution in [1.29, 1.82) is 0 Å². The first-order chi connectivity index (χ1) is 15.1. The number of ether oxygens (including phenoxy) is 1. The van der Waals surface area contributed by atoms with Gasteiger partial charge in [-0.1, -0.05) is 23.7 Å². The summed E-state index contributed by atoms with van der Waals surface area (Å²) in [6.45, 7) is 1.45. The van der Waals surface area contributed by atoms with E-state index in [-0.39, 0.29) is 38.8 Å². The molecule has 0 heterocycles. The number of sulfonamides is 1. The van der Waals surface area contributed by atoms with Crippen LogP contribution in [0.3, 0.4) is 0 Å². The second-order valence-electron chi connectivity index (χ2n) is 6.64. The molecule has 0 saturated heterocycles. The van der Waals surface area contributed by atoms with Crippen LogP contribution in [0.4, 0.5) is 17.1 Å². The summed E-state index contributed by atoms with van der Waals surface area (Å²) >= 11 is 5.92. The molecule has 0 aliphatic carbocycles. The van der Waals surface area contributed by atoms with E-state index < -0.39 is 20.9 Å². The lowest BCUT2D eigenvalue weighted by Crippen LogP contribution is -2.16. The standard InChI is InChI=1S/C21H18ClN3O6S/c1-13-17(7-4-8-19(13)25(27)28)24-32(29,30)16-9-10-20(31-2)18(12-16)23-21(26)14-5-3-6-15(22)11-14/h3-12,24H,1-2H3,(H,23,26). The van der Waals surface area contributed by atoms with Gasteiger partial charge in [0.15, 0.2) is 0 Å². The number of anilines is 2. The molecule has 0 atom stereocenters. The molecule has 2 N–H and O–H groups in total. The number of nitro groups is 1. The number of nitrogens with one attached hydrogen (secondary N) is 2. The minimum atomic E-state index is -4.13. The number of carbonyl (C=O) groups is 1. The number of nitrogens with zero attached hydrogens (tertiary/aromatic N) is 1. The van der Waals surface area contributed by atoms with Gasteiger partial charge in [-0.3, -0.25) is 19.6 Å². The summed E-state index contributed by atoms with van der Waals surface area (Å²) in [5.74, 6) is -0.270. The van der Waals surface area contributed by atoms with Crippen LogP contribution in [0, 0.1) is 17.0 Å². The van der Waals surface area contributed by atoms with E-state index in [2.05, 4.69) is 10.0 Å². The molecule has 9 nitrogen and oxygen atoms in total. The van der Waals surface area contributed by atoms with Crippen molar-refractivity contribution in [1.82, 2.24) is 0 Å². The lowest BCUT2D eigenvalue weighted by atomic mass is 10.2. The maximum atomic E-state index is 12.9. The number of hydrogen-bond acceptors (Lipinski definition) is 6. The third kappa shape index (κ3) is 4.98. The molecular weight excluding hydrogens is 458 g/mol. The van der Waals surface area contributed by atoms with E-state index in [4.69, 9.17) is 16.3 Å². The fourth-order valence-corrected chi connectivity index (χ4v) is 4.25. The van der Waals surface area contributed by atoms with Crippen molar-refractivity contribution >= 4 is 44.6 Å². The molecular formula is C21H18ClN3O6S. The Balaban J connectivity index is 1.94. The van der Waals surface area contributed by atoms with Crippen LogP contribution >= 0.6 is 11.6 Å². The minimum Gasteiger partial charge on any atom is -0.495 e. The maximum Gasteiger partial charge on any atom is 0.274 e. The summed E-state index contributed by atoms with van der Waals surface area (Å²) in [6.07, 6.45) is 0. The van der Waals surface area contributed by atoms with Crippen molar-refractivity contribution in [3.05, 3.63) is 86.9 Å². The van der Waals surface area contributed by atoms with Gasteiger partial charge < -0.3 is 10.1 Å². The smallest absolute Gasteiger partial charge is 0.274 e. The summed E-state index contributed by atoms with van der Waals surface area (Å²) in [7, 11) is -2.76. The van der Waals surface area contributed by atoms with Gasteiger partial charge in [0, 0.05) is 16.7 Å². The first-order valence-electron chi connectivity index (χ1n) is 9.14. The first-order valence-corrected chi connectivity index (χ1v) is 11.0. The molecule has 1 amide bonds. The van der Waals surface area contributed by atoms with Crippen LogP contribution in [0.1, 0.15) is 15.9 Å². The summed E-state index contributed by atoms with van der Waals surface area (Å²) in [4.78, 5) is 22.9. The number of halogens is 1. The number of rotatable bonds is 7. The third-order valence-corrected chi connectivity index (χ3v) is 6.16. The Labute approximate surface area is 189 Å². The van der Waals surface area contributed by atoms with Gasteiger partial charge in [0.05, 0.1) is 33.9 Å². The number of nitro benzene ring substituents is 1. The SMILES string of the molecule is COc1ccc(S(=O)(=O)Nc2cccc([N+](=O)[O-])c2C)cc1NC(=O)c1cccc(Cl)c1. The van der Waals surface area contributed by atoms with Gasteiger partial charge in [-0.15, -0.1) is 0 Å². The van der Waals surface area contributed by atoms with Crippen molar-refractivity contribution in [2.24, 2.45) is 0 Å². The number of methoxy groups -OCH3 is 1. The zero-order valence-electron chi connectivity index (χ0n) is 17.0. The quantitative estimate of drug-likeness (QED) is 0.379. The van der Waals surface area contributed by atoms with Gasteiger partial charge >= 0.3 is 0 Å². The van der Waals surface area contributed by atoms with Crippen LogP contribution in [0.2, 0.25) is 5.02 Å². The average Bonchev–Trinajstić information content (AvgIpc) is 2.74. The van der Waals surface area contributed by atoms with Gasteiger partial charge in [-0.2, -0.15) is 0 Å². The van der Waals surface area contributed by atoms with Gasteiger partial charge in [-0.25, -0.2) is 8.42 Å². The Morgan fingerprint density at radius 2 is 1.78 bits per heavy atom. The van der Waals surface area contributed by atoms with E-state index in [9.17, 15) is 23.3 Å². The highest BCUT2D eigenvalue weighted by atomic mass is 35.5. The van der Waals surface area contributed by atoms with E-state index in [1.807, 2.05) is 0 Å². The van der Waals surface area contributed by atoms with E-state index in [0.29, 0.717) is 5.02 Å². The largest absolute Gasteiger partial charge is 0.495 e. The topological polar surface area (TPSA) is 128 Å². The Hall–Kier alpha value is -3.63. The summed E-state index contributed by atoms with van der Waals surface area (Å²) < 4.78 is 33.4. The summed E-state index contributed by atoms with van der Waals surface area (Å²) in [5.41, 5.74) is 0.423. The average molecular weight is 476 g/mol. The molecule has 0 spiro atoms. The van der Waals surface area contributed by atoms with Crippen LogP contribution in [-0.4, -0.2) is 26.4 Å². The van der Waals surface area contributed by atoms with Crippen LogP contribution in [-0.2, 0) is 10.0 Å². The Morgan fingerprint density at radius 3 is 2.44 bits per heavy atom. The second-order valence-corrected chi connectivity index (χ2v) is 8.76. The highest BCUT2D eigenvalue weighted by Gasteiger charge is 2.21. The number of hydrogen-bond donors (Lipinski definition) is 2. The zero-order chi connectivity index (χ0) is 23.5. The molecule has 11 heteroatoms. The monoisotopic (exact) mass is 475 g/mol. The van der Waals surface area contributed by atoms with Gasteiger partial charge in [-0.05, 0) is 49.4 Å². The molecule has 0 fully saturated rings. The van der Waals surface area contributed by atoms with Crippen molar-refractivity contribution in [2.45, 2.75) is 11.8 Å². The van der Waals surface area contributed by atoms with E-state index >= 15 is 0 Å². The normalized spacial score (nSPS) is 11.0. The lowest BCUT2D eigenvalue weighted by Gasteiger charge is -2.14. The number of amides is 1. The molecule has 0 bridgehead atoms. The molecule has 0 aromatic heterocycles. The first kappa shape index (κ1) is 23.0. The van der Waals surface area contributed by atoms with E-state index in [1.165, 1.54) is 56.5 Å². The van der Waals surface area contributed by atoms with Crippen molar-refractivity contribution in [3.8, 4) is 5.75 Å². The van der Waals surface area contributed by atoms with E-state index in [0.717, 1.165) is 0 Å². The van der Waals surface area contributed by atoms with Crippen molar-refractivity contribution in [3.63, 3.8) is 0 Å². The van der Waals surface area contributed by atoms with Gasteiger partial charge in [0.1, 0.15) is 5.75 Å². The molecule has 3 rings (SSSR count). The Kier molecular flexibility index (Phi) is 6.66. The molecule has 3 aromatic rings. The van der Waals surface area contributed by atoms with Crippen molar-refractivity contribution in [2.75, 3.05) is 17.1 Å². The van der Waals surface area contributed by atoms with Gasteiger partial charge in [0.25, 0.3) is 21.6 Å². The van der Waals surface area contributed by atoms with Crippen LogP contribution in [0.15, 0.2) is 65.6 Å². The fraction of sp³-hybridized carbons (Fsp3) is 0.0952. The van der Waals surface area contributed by atoms with Gasteiger partial charge in [0.2, 0.25) is 0 Å². The van der Waals surface area contributed by atoms with Crippen molar-refractivity contribution < 1.29 is 22.9 Å². The summed E-state index contributed by atoms with van der Waals surface area (Å²) in [6, 6.07) is 14.3. The van der Waals surface area contributed by atoms with E-state index in [1.54, 1.807) is 18.2 Å². The Morgan fingerprint density at radius 1 is 1.06 bits per heavy atom. The molecule has 0 radical (unpaired) electrons. The highest BCUT2D eigenvalue weighted by molar-refractivity contribution is 7.92. The van der Waals surface area contributed by atoms with Crippen LogP contribution < -0.4 is 14.8 Å². The Bertz CT molecular complexity index is 1310. The number of carbonyl (C=O) groups excluding carboxylic acids is 1. The maximum absolute atomic E-state index is 12.9. The van der Waals surface area contributed by atoms with Crippen LogP contribution in [0.5, 0.6) is 5.75 Å². The molecule has 0 aliphatic heterocycles. The molecule has 0 unspecified atom stereocenters.